The van der Waals surface area contributed by atoms with Crippen LogP contribution in [0.3, 0.4) is 0 Å². The van der Waals surface area contributed by atoms with Gasteiger partial charge in [-0.2, -0.15) is 0 Å². The van der Waals surface area contributed by atoms with E-state index in [0.29, 0.717) is 0 Å². The second-order valence-electron chi connectivity index (χ2n) is 4.22. The van der Waals surface area contributed by atoms with Crippen LogP contribution in [-0.4, -0.2) is 11.6 Å². The van der Waals surface area contributed by atoms with Crippen molar-refractivity contribution in [3.8, 4) is 5.75 Å². The van der Waals surface area contributed by atoms with Crippen molar-refractivity contribution in [3.63, 3.8) is 0 Å². The molecule has 1 aliphatic heterocycles. The van der Waals surface area contributed by atoms with Gasteiger partial charge in [0, 0.05) is 29.2 Å². The van der Waals surface area contributed by atoms with E-state index in [4.69, 9.17) is 4.74 Å². The fraction of sp³-hybridized carbons (Fsp3) is 0.214. The zero-order chi connectivity index (χ0) is 12.4. The SMILES string of the molecule is Brc1cc2c(c(CNc3ccccn3)c1)OCC2. The number of hydrogen-bond acceptors (Lipinski definition) is 3. The Hall–Kier alpha value is -1.55. The van der Waals surface area contributed by atoms with Gasteiger partial charge < -0.3 is 10.1 Å². The lowest BCUT2D eigenvalue weighted by molar-refractivity contribution is 0.354. The maximum atomic E-state index is 5.69. The first-order chi connectivity index (χ1) is 8.83. The van der Waals surface area contributed by atoms with Crippen molar-refractivity contribution in [1.82, 2.24) is 4.98 Å². The molecule has 0 saturated heterocycles. The van der Waals surface area contributed by atoms with Gasteiger partial charge in [0.2, 0.25) is 0 Å². The minimum atomic E-state index is 0.721. The molecule has 2 aromatic rings. The summed E-state index contributed by atoms with van der Waals surface area (Å²) in [6.45, 7) is 1.50. The first-order valence-electron chi connectivity index (χ1n) is 5.92. The Morgan fingerprint density at radius 2 is 2.28 bits per heavy atom. The molecule has 0 amide bonds. The van der Waals surface area contributed by atoms with E-state index in [9.17, 15) is 0 Å². The van der Waals surface area contributed by atoms with Gasteiger partial charge in [-0.15, -0.1) is 0 Å². The third-order valence-electron chi connectivity index (χ3n) is 2.95. The number of nitrogens with zero attached hydrogens (tertiary/aromatic N) is 1. The number of benzene rings is 1. The highest BCUT2D eigenvalue weighted by atomic mass is 79.9. The minimum absolute atomic E-state index is 0.721. The maximum Gasteiger partial charge on any atom is 0.127 e. The second-order valence-corrected chi connectivity index (χ2v) is 5.14. The predicted molar refractivity (Wildman–Crippen MR) is 74.9 cm³/mol. The lowest BCUT2D eigenvalue weighted by Crippen LogP contribution is -2.02. The van der Waals surface area contributed by atoms with Gasteiger partial charge in [-0.3, -0.25) is 0 Å². The fourth-order valence-corrected chi connectivity index (χ4v) is 2.68. The number of hydrogen-bond donors (Lipinski definition) is 1. The fourth-order valence-electron chi connectivity index (χ4n) is 2.13. The molecular weight excluding hydrogens is 292 g/mol. The Balaban J connectivity index is 1.81. The predicted octanol–water partition coefficient (Wildman–Crippen LogP) is 3.39. The lowest BCUT2D eigenvalue weighted by atomic mass is 10.1. The van der Waals surface area contributed by atoms with Gasteiger partial charge in [0.15, 0.2) is 0 Å². The van der Waals surface area contributed by atoms with Crippen molar-refractivity contribution in [2.24, 2.45) is 0 Å². The van der Waals surface area contributed by atoms with Crippen LogP contribution >= 0.6 is 15.9 Å². The average molecular weight is 305 g/mol. The molecule has 0 unspecified atom stereocenters. The van der Waals surface area contributed by atoms with Crippen LogP contribution in [0.25, 0.3) is 0 Å². The molecule has 2 heterocycles. The molecule has 0 atom stereocenters. The molecule has 1 aromatic heterocycles. The molecule has 1 aromatic carbocycles. The molecular formula is C14H13BrN2O. The summed E-state index contributed by atoms with van der Waals surface area (Å²) < 4.78 is 6.79. The Kier molecular flexibility index (Phi) is 3.19. The summed E-state index contributed by atoms with van der Waals surface area (Å²) in [5.74, 6) is 1.91. The smallest absolute Gasteiger partial charge is 0.127 e. The monoisotopic (exact) mass is 304 g/mol. The summed E-state index contributed by atoms with van der Waals surface area (Å²) in [5.41, 5.74) is 2.45. The van der Waals surface area contributed by atoms with Gasteiger partial charge in [0.25, 0.3) is 0 Å². The second kappa shape index (κ2) is 4.98. The van der Waals surface area contributed by atoms with Crippen LogP contribution in [-0.2, 0) is 13.0 Å². The van der Waals surface area contributed by atoms with E-state index in [1.807, 2.05) is 18.2 Å². The Morgan fingerprint density at radius 3 is 3.11 bits per heavy atom. The van der Waals surface area contributed by atoms with E-state index < -0.39 is 0 Å². The van der Waals surface area contributed by atoms with Gasteiger partial charge in [-0.1, -0.05) is 22.0 Å². The standard InChI is InChI=1S/C14H13BrN2O/c15-12-7-10-4-6-18-14(10)11(8-12)9-17-13-3-1-2-5-16-13/h1-3,5,7-8H,4,6,9H2,(H,16,17). The Morgan fingerprint density at radius 1 is 1.33 bits per heavy atom. The van der Waals surface area contributed by atoms with E-state index in [1.54, 1.807) is 6.20 Å². The van der Waals surface area contributed by atoms with Crippen LogP contribution in [0.1, 0.15) is 11.1 Å². The highest BCUT2D eigenvalue weighted by molar-refractivity contribution is 9.10. The molecule has 92 valence electrons. The van der Waals surface area contributed by atoms with Crippen molar-refractivity contribution in [2.45, 2.75) is 13.0 Å². The highest BCUT2D eigenvalue weighted by Gasteiger charge is 2.17. The third-order valence-corrected chi connectivity index (χ3v) is 3.41. The van der Waals surface area contributed by atoms with Crippen molar-refractivity contribution in [2.75, 3.05) is 11.9 Å². The molecule has 0 spiro atoms. The number of pyridine rings is 1. The van der Waals surface area contributed by atoms with Gasteiger partial charge in [0.05, 0.1) is 6.61 Å². The van der Waals surface area contributed by atoms with Crippen LogP contribution in [0.2, 0.25) is 0 Å². The van der Waals surface area contributed by atoms with Crippen LogP contribution in [0.15, 0.2) is 41.0 Å². The third kappa shape index (κ3) is 2.34. The zero-order valence-corrected chi connectivity index (χ0v) is 11.4. The van der Waals surface area contributed by atoms with Crippen LogP contribution in [0.4, 0.5) is 5.82 Å². The van der Waals surface area contributed by atoms with E-state index in [0.717, 1.165) is 35.6 Å². The molecule has 0 aliphatic carbocycles. The Labute approximate surface area is 114 Å². The maximum absolute atomic E-state index is 5.69. The highest BCUT2D eigenvalue weighted by Crippen LogP contribution is 2.33. The summed E-state index contributed by atoms with van der Waals surface area (Å²) in [7, 11) is 0. The number of aromatic nitrogens is 1. The van der Waals surface area contributed by atoms with Crippen LogP contribution in [0, 0.1) is 0 Å². The lowest BCUT2D eigenvalue weighted by Gasteiger charge is -2.10. The van der Waals surface area contributed by atoms with E-state index in [-0.39, 0.29) is 0 Å². The molecule has 3 nitrogen and oxygen atoms in total. The van der Waals surface area contributed by atoms with Crippen LogP contribution in [0.5, 0.6) is 5.75 Å². The molecule has 0 saturated carbocycles. The minimum Gasteiger partial charge on any atom is -0.493 e. The number of halogens is 1. The summed E-state index contributed by atoms with van der Waals surface area (Å²) in [6, 6.07) is 10.1. The summed E-state index contributed by atoms with van der Waals surface area (Å²) in [5, 5.41) is 3.31. The first-order valence-corrected chi connectivity index (χ1v) is 6.71. The Bertz CT molecular complexity index is 557. The van der Waals surface area contributed by atoms with Crippen molar-refractivity contribution in [1.29, 1.82) is 0 Å². The van der Waals surface area contributed by atoms with Crippen LogP contribution < -0.4 is 10.1 Å². The van der Waals surface area contributed by atoms with Crippen molar-refractivity contribution >= 4 is 21.7 Å². The summed E-state index contributed by atoms with van der Waals surface area (Å²) in [4.78, 5) is 4.25. The molecule has 1 aliphatic rings. The topological polar surface area (TPSA) is 34.2 Å². The molecule has 1 N–H and O–H groups in total. The van der Waals surface area contributed by atoms with E-state index >= 15 is 0 Å². The molecule has 0 fully saturated rings. The number of rotatable bonds is 3. The van der Waals surface area contributed by atoms with Gasteiger partial charge in [-0.05, 0) is 29.8 Å². The molecule has 3 rings (SSSR count). The number of fused-ring (bicyclic) bond motifs is 1. The zero-order valence-electron chi connectivity index (χ0n) is 9.82. The van der Waals surface area contributed by atoms with Crippen molar-refractivity contribution in [3.05, 3.63) is 52.1 Å². The van der Waals surface area contributed by atoms with Crippen molar-refractivity contribution < 1.29 is 4.74 Å². The van der Waals surface area contributed by atoms with Gasteiger partial charge in [0.1, 0.15) is 11.6 Å². The summed E-state index contributed by atoms with van der Waals surface area (Å²) >= 11 is 3.54. The largest absolute Gasteiger partial charge is 0.493 e. The molecule has 18 heavy (non-hydrogen) atoms. The van der Waals surface area contributed by atoms with E-state index in [1.165, 1.54) is 11.1 Å². The van der Waals surface area contributed by atoms with Gasteiger partial charge in [-0.25, -0.2) is 4.98 Å². The number of anilines is 1. The average Bonchev–Trinajstić information content (AvgIpc) is 2.85. The van der Waals surface area contributed by atoms with E-state index in [2.05, 4.69) is 38.4 Å². The normalized spacial score (nSPS) is 12.9. The number of ether oxygens (including phenoxy) is 1. The first kappa shape index (κ1) is 11.5. The number of nitrogens with one attached hydrogen (secondary N) is 1. The molecule has 4 heteroatoms. The van der Waals surface area contributed by atoms with Gasteiger partial charge >= 0.3 is 0 Å². The quantitative estimate of drug-likeness (QED) is 0.944. The summed E-state index contributed by atoms with van der Waals surface area (Å²) in [6.07, 6.45) is 2.77. The molecule has 0 bridgehead atoms. The molecule has 0 radical (unpaired) electrons.